The van der Waals surface area contributed by atoms with Crippen LogP contribution in [0.4, 0.5) is 0 Å². The van der Waals surface area contributed by atoms with Crippen molar-refractivity contribution in [3.05, 3.63) is 33.3 Å². The van der Waals surface area contributed by atoms with Gasteiger partial charge in [-0.05, 0) is 50.1 Å². The molecule has 2 aromatic rings. The van der Waals surface area contributed by atoms with Crippen molar-refractivity contribution in [3.8, 4) is 22.8 Å². The van der Waals surface area contributed by atoms with Gasteiger partial charge in [-0.3, -0.25) is 0 Å². The number of nitrogens with zero attached hydrogens (tertiary/aromatic N) is 1. The van der Waals surface area contributed by atoms with Crippen LogP contribution in [0.2, 0.25) is 0 Å². The standard InChI is InChI=1S/C13H13Br2NO2/c1-16-9(7-8(14)13(16)15)12-10(17-2)5-4-6-11(12)18-3/h4-7H,1-3H3. The molecule has 0 N–H and O–H groups in total. The van der Waals surface area contributed by atoms with Crippen molar-refractivity contribution in [1.29, 1.82) is 0 Å². The largest absolute Gasteiger partial charge is 0.496 e. The van der Waals surface area contributed by atoms with Crippen molar-refractivity contribution in [2.24, 2.45) is 7.05 Å². The first-order valence-electron chi connectivity index (χ1n) is 5.32. The molecule has 0 saturated carbocycles. The molecule has 1 aromatic carbocycles. The molecule has 3 nitrogen and oxygen atoms in total. The minimum absolute atomic E-state index is 0.787. The van der Waals surface area contributed by atoms with Gasteiger partial charge in [0.1, 0.15) is 11.5 Å². The van der Waals surface area contributed by atoms with Crippen molar-refractivity contribution >= 4 is 31.9 Å². The number of benzene rings is 1. The van der Waals surface area contributed by atoms with Crippen LogP contribution in [-0.2, 0) is 7.05 Å². The Bertz CT molecular complexity index is 556. The molecule has 0 spiro atoms. The number of hydrogen-bond acceptors (Lipinski definition) is 2. The summed E-state index contributed by atoms with van der Waals surface area (Å²) in [5.41, 5.74) is 1.96. The molecule has 96 valence electrons. The second kappa shape index (κ2) is 5.36. The first-order valence-corrected chi connectivity index (χ1v) is 6.90. The Labute approximate surface area is 123 Å². The van der Waals surface area contributed by atoms with E-state index in [9.17, 15) is 0 Å². The van der Waals surface area contributed by atoms with Gasteiger partial charge in [-0.2, -0.15) is 0 Å². The van der Waals surface area contributed by atoms with Crippen LogP contribution in [0.15, 0.2) is 33.3 Å². The lowest BCUT2D eigenvalue weighted by Crippen LogP contribution is -1.97. The van der Waals surface area contributed by atoms with Gasteiger partial charge >= 0.3 is 0 Å². The van der Waals surface area contributed by atoms with Crippen LogP contribution in [0.1, 0.15) is 0 Å². The number of halogens is 2. The second-order valence-corrected chi connectivity index (χ2v) is 5.37. The summed E-state index contributed by atoms with van der Waals surface area (Å²) in [5, 5.41) is 0. The minimum Gasteiger partial charge on any atom is -0.496 e. The monoisotopic (exact) mass is 373 g/mol. The zero-order chi connectivity index (χ0) is 13.3. The Morgan fingerprint density at radius 2 is 1.61 bits per heavy atom. The van der Waals surface area contributed by atoms with E-state index in [0.717, 1.165) is 31.8 Å². The van der Waals surface area contributed by atoms with Gasteiger partial charge in [-0.25, -0.2) is 0 Å². The smallest absolute Gasteiger partial charge is 0.131 e. The van der Waals surface area contributed by atoms with Gasteiger partial charge in [-0.1, -0.05) is 6.07 Å². The number of methoxy groups -OCH3 is 2. The molecular formula is C13H13Br2NO2. The summed E-state index contributed by atoms with van der Waals surface area (Å²) in [4.78, 5) is 0. The lowest BCUT2D eigenvalue weighted by molar-refractivity contribution is 0.397. The van der Waals surface area contributed by atoms with Crippen molar-refractivity contribution in [3.63, 3.8) is 0 Å². The fraction of sp³-hybridized carbons (Fsp3) is 0.231. The Morgan fingerprint density at radius 3 is 2.00 bits per heavy atom. The van der Waals surface area contributed by atoms with E-state index in [2.05, 4.69) is 31.9 Å². The van der Waals surface area contributed by atoms with Gasteiger partial charge in [0.05, 0.1) is 34.6 Å². The lowest BCUT2D eigenvalue weighted by atomic mass is 10.1. The van der Waals surface area contributed by atoms with Gasteiger partial charge in [0.25, 0.3) is 0 Å². The molecule has 0 saturated heterocycles. The molecule has 2 rings (SSSR count). The highest BCUT2D eigenvalue weighted by Gasteiger charge is 2.18. The third kappa shape index (κ3) is 2.17. The summed E-state index contributed by atoms with van der Waals surface area (Å²) < 4.78 is 14.8. The number of aromatic nitrogens is 1. The SMILES string of the molecule is COc1cccc(OC)c1-c1cc(Br)c(Br)n1C. The molecule has 0 aliphatic rings. The van der Waals surface area contributed by atoms with Crippen LogP contribution >= 0.6 is 31.9 Å². The third-order valence-electron chi connectivity index (χ3n) is 2.80. The molecule has 0 fully saturated rings. The Hall–Kier alpha value is -0.940. The van der Waals surface area contributed by atoms with Gasteiger partial charge in [0.15, 0.2) is 0 Å². The molecule has 0 unspecified atom stereocenters. The molecule has 0 radical (unpaired) electrons. The van der Waals surface area contributed by atoms with E-state index in [1.807, 2.05) is 35.9 Å². The van der Waals surface area contributed by atoms with E-state index < -0.39 is 0 Å². The highest BCUT2D eigenvalue weighted by atomic mass is 79.9. The molecule has 0 aliphatic carbocycles. The lowest BCUT2D eigenvalue weighted by Gasteiger charge is -2.13. The van der Waals surface area contributed by atoms with Gasteiger partial charge < -0.3 is 14.0 Å². The minimum atomic E-state index is 0.787. The first-order chi connectivity index (χ1) is 8.60. The Balaban J connectivity index is 2.72. The van der Waals surface area contributed by atoms with Crippen LogP contribution < -0.4 is 9.47 Å². The summed E-state index contributed by atoms with van der Waals surface area (Å²) in [6.45, 7) is 0. The fourth-order valence-corrected chi connectivity index (χ4v) is 2.67. The molecule has 18 heavy (non-hydrogen) atoms. The van der Waals surface area contributed by atoms with E-state index in [0.29, 0.717) is 0 Å². The van der Waals surface area contributed by atoms with Crippen LogP contribution in [-0.4, -0.2) is 18.8 Å². The molecule has 0 aliphatic heterocycles. The van der Waals surface area contributed by atoms with E-state index in [-0.39, 0.29) is 0 Å². The maximum absolute atomic E-state index is 5.42. The Morgan fingerprint density at radius 1 is 1.06 bits per heavy atom. The summed E-state index contributed by atoms with van der Waals surface area (Å²) in [7, 11) is 5.30. The summed E-state index contributed by atoms with van der Waals surface area (Å²) >= 11 is 7.03. The zero-order valence-corrected chi connectivity index (χ0v) is 13.5. The van der Waals surface area contributed by atoms with Gasteiger partial charge in [-0.15, -0.1) is 0 Å². The normalized spacial score (nSPS) is 10.5. The van der Waals surface area contributed by atoms with Gasteiger partial charge in [0.2, 0.25) is 0 Å². The molecule has 0 amide bonds. The first kappa shape index (κ1) is 13.5. The predicted octanol–water partition coefficient (Wildman–Crippen LogP) is 4.23. The maximum atomic E-state index is 5.42. The summed E-state index contributed by atoms with van der Waals surface area (Å²) in [6.07, 6.45) is 0. The number of ether oxygens (including phenoxy) is 2. The number of rotatable bonds is 3. The summed E-state index contributed by atoms with van der Waals surface area (Å²) in [6, 6.07) is 7.79. The van der Waals surface area contributed by atoms with E-state index in [1.165, 1.54) is 0 Å². The second-order valence-electron chi connectivity index (χ2n) is 3.76. The average Bonchev–Trinajstić information content (AvgIpc) is 2.65. The van der Waals surface area contributed by atoms with Crippen LogP contribution in [0, 0.1) is 0 Å². The summed E-state index contributed by atoms with van der Waals surface area (Å²) in [5.74, 6) is 1.57. The zero-order valence-electron chi connectivity index (χ0n) is 10.3. The molecule has 0 bridgehead atoms. The van der Waals surface area contributed by atoms with Crippen molar-refractivity contribution in [2.75, 3.05) is 14.2 Å². The third-order valence-corrected chi connectivity index (χ3v) is 4.90. The molecule has 1 heterocycles. The van der Waals surface area contributed by atoms with Crippen LogP contribution in [0.5, 0.6) is 11.5 Å². The highest BCUT2D eigenvalue weighted by Crippen LogP contribution is 2.41. The average molecular weight is 375 g/mol. The van der Waals surface area contributed by atoms with Crippen LogP contribution in [0.25, 0.3) is 11.3 Å². The predicted molar refractivity (Wildman–Crippen MR) is 79.4 cm³/mol. The number of hydrogen-bond donors (Lipinski definition) is 0. The van der Waals surface area contributed by atoms with E-state index in [4.69, 9.17) is 9.47 Å². The fourth-order valence-electron chi connectivity index (χ4n) is 1.89. The van der Waals surface area contributed by atoms with Crippen molar-refractivity contribution in [2.45, 2.75) is 0 Å². The van der Waals surface area contributed by atoms with Crippen LogP contribution in [0.3, 0.4) is 0 Å². The van der Waals surface area contributed by atoms with E-state index in [1.54, 1.807) is 14.2 Å². The molecule has 5 heteroatoms. The highest BCUT2D eigenvalue weighted by molar-refractivity contribution is 9.13. The Kier molecular flexibility index (Phi) is 4.02. The maximum Gasteiger partial charge on any atom is 0.131 e. The van der Waals surface area contributed by atoms with Gasteiger partial charge in [0, 0.05) is 7.05 Å². The molecule has 0 atom stereocenters. The van der Waals surface area contributed by atoms with E-state index >= 15 is 0 Å². The molecular weight excluding hydrogens is 362 g/mol. The van der Waals surface area contributed by atoms with Crippen molar-refractivity contribution < 1.29 is 9.47 Å². The quantitative estimate of drug-likeness (QED) is 0.802. The topological polar surface area (TPSA) is 23.4 Å². The molecule has 1 aromatic heterocycles. The van der Waals surface area contributed by atoms with Crippen molar-refractivity contribution in [1.82, 2.24) is 4.57 Å².